The maximum atomic E-state index is 12.2. The molecule has 21 heavy (non-hydrogen) atoms. The number of carbonyl (C=O) groups excluding carboxylic acids is 1. The number of benzene rings is 2. The Morgan fingerprint density at radius 1 is 1.05 bits per heavy atom. The lowest BCUT2D eigenvalue weighted by molar-refractivity contribution is 0.0921. The number of nitrogens with zero attached hydrogens (tertiary/aromatic N) is 1. The smallest absolute Gasteiger partial charge is 0.200 e. The molecule has 0 bridgehead atoms. The molecule has 0 spiro atoms. The monoisotopic (exact) mass is 279 g/mol. The van der Waals surface area contributed by atoms with Gasteiger partial charge in [0.1, 0.15) is 5.75 Å². The first-order valence-corrected chi connectivity index (χ1v) is 6.75. The molecule has 2 rings (SSSR count). The number of aryl methyl sites for hydroxylation is 3. The molecule has 3 nitrogen and oxygen atoms in total. The quantitative estimate of drug-likeness (QED) is 0.801. The maximum Gasteiger partial charge on any atom is 0.200 e. The molecule has 0 N–H and O–H groups in total. The minimum absolute atomic E-state index is 0.0295. The standard InChI is InChI=1S/C18H17NO2/c1-12-5-7-16(8-14(12)3)17(20)11-21-18-9-15(10-19)6-4-13(18)2/h4-9H,11H2,1-3H3. The Kier molecular flexibility index (Phi) is 4.39. The molecule has 2 aromatic carbocycles. The minimum atomic E-state index is -0.0696. The van der Waals surface area contributed by atoms with Gasteiger partial charge in [-0.2, -0.15) is 5.26 Å². The third-order valence-electron chi connectivity index (χ3n) is 3.50. The number of hydrogen-bond donors (Lipinski definition) is 0. The summed E-state index contributed by atoms with van der Waals surface area (Å²) in [5.41, 5.74) is 4.32. The van der Waals surface area contributed by atoms with Gasteiger partial charge in [-0.3, -0.25) is 4.79 Å². The van der Waals surface area contributed by atoms with Crippen LogP contribution in [0.4, 0.5) is 0 Å². The number of carbonyl (C=O) groups is 1. The maximum absolute atomic E-state index is 12.2. The van der Waals surface area contributed by atoms with Crippen molar-refractivity contribution in [3.63, 3.8) is 0 Å². The number of ketones is 1. The summed E-state index contributed by atoms with van der Waals surface area (Å²) in [5, 5.41) is 8.89. The number of ether oxygens (including phenoxy) is 1. The zero-order chi connectivity index (χ0) is 15.4. The first-order valence-electron chi connectivity index (χ1n) is 6.75. The van der Waals surface area contributed by atoms with Gasteiger partial charge < -0.3 is 4.74 Å². The summed E-state index contributed by atoms with van der Waals surface area (Å²) in [6.07, 6.45) is 0. The molecule has 0 fully saturated rings. The van der Waals surface area contributed by atoms with Crippen molar-refractivity contribution < 1.29 is 9.53 Å². The van der Waals surface area contributed by atoms with E-state index in [0.29, 0.717) is 16.9 Å². The summed E-state index contributed by atoms with van der Waals surface area (Å²) in [6.45, 7) is 5.85. The molecular weight excluding hydrogens is 262 g/mol. The summed E-state index contributed by atoms with van der Waals surface area (Å²) < 4.78 is 5.56. The molecule has 0 aliphatic rings. The Morgan fingerprint density at radius 3 is 2.43 bits per heavy atom. The van der Waals surface area contributed by atoms with Gasteiger partial charge in [0.2, 0.25) is 0 Å². The SMILES string of the molecule is Cc1ccc(C(=O)COc2cc(C#N)ccc2C)cc1C. The fraction of sp³-hybridized carbons (Fsp3) is 0.222. The van der Waals surface area contributed by atoms with E-state index in [1.54, 1.807) is 12.1 Å². The number of hydrogen-bond acceptors (Lipinski definition) is 3. The topological polar surface area (TPSA) is 50.1 Å². The van der Waals surface area contributed by atoms with Crippen molar-refractivity contribution in [2.75, 3.05) is 6.61 Å². The average molecular weight is 279 g/mol. The minimum Gasteiger partial charge on any atom is -0.485 e. The van der Waals surface area contributed by atoms with E-state index in [1.165, 1.54) is 0 Å². The van der Waals surface area contributed by atoms with Gasteiger partial charge in [-0.05, 0) is 55.7 Å². The highest BCUT2D eigenvalue weighted by molar-refractivity contribution is 5.97. The van der Waals surface area contributed by atoms with Crippen LogP contribution >= 0.6 is 0 Å². The highest BCUT2D eigenvalue weighted by atomic mass is 16.5. The van der Waals surface area contributed by atoms with Crippen molar-refractivity contribution >= 4 is 5.78 Å². The van der Waals surface area contributed by atoms with Crippen LogP contribution in [0.25, 0.3) is 0 Å². The summed E-state index contributed by atoms with van der Waals surface area (Å²) in [6, 6.07) is 12.9. The Balaban J connectivity index is 2.11. The van der Waals surface area contributed by atoms with Crippen molar-refractivity contribution in [1.29, 1.82) is 5.26 Å². The first-order chi connectivity index (χ1) is 10.0. The molecule has 0 amide bonds. The van der Waals surface area contributed by atoms with Crippen molar-refractivity contribution in [2.24, 2.45) is 0 Å². The molecule has 106 valence electrons. The van der Waals surface area contributed by atoms with Gasteiger partial charge in [-0.1, -0.05) is 18.2 Å². The number of nitriles is 1. The Bertz CT molecular complexity index is 726. The first kappa shape index (κ1) is 14.8. The Labute approximate surface area is 124 Å². The zero-order valence-corrected chi connectivity index (χ0v) is 12.4. The highest BCUT2D eigenvalue weighted by Gasteiger charge is 2.09. The van der Waals surface area contributed by atoms with E-state index < -0.39 is 0 Å². The summed E-state index contributed by atoms with van der Waals surface area (Å²) in [7, 11) is 0. The molecule has 0 aromatic heterocycles. The van der Waals surface area contributed by atoms with Gasteiger partial charge in [-0.15, -0.1) is 0 Å². The lowest BCUT2D eigenvalue weighted by Gasteiger charge is -2.09. The highest BCUT2D eigenvalue weighted by Crippen LogP contribution is 2.19. The molecule has 0 aliphatic carbocycles. The molecular formula is C18H17NO2. The van der Waals surface area contributed by atoms with Crippen LogP contribution in [0.1, 0.15) is 32.6 Å². The fourth-order valence-corrected chi connectivity index (χ4v) is 1.97. The van der Waals surface area contributed by atoms with Crippen molar-refractivity contribution in [3.05, 3.63) is 64.2 Å². The molecule has 2 aromatic rings. The Hall–Kier alpha value is -2.60. The van der Waals surface area contributed by atoms with Gasteiger partial charge in [-0.25, -0.2) is 0 Å². The predicted molar refractivity (Wildman–Crippen MR) is 81.6 cm³/mol. The average Bonchev–Trinajstić information content (AvgIpc) is 2.49. The van der Waals surface area contributed by atoms with Crippen LogP contribution in [0.2, 0.25) is 0 Å². The van der Waals surface area contributed by atoms with Gasteiger partial charge in [0.25, 0.3) is 0 Å². The van der Waals surface area contributed by atoms with E-state index in [2.05, 4.69) is 6.07 Å². The van der Waals surface area contributed by atoms with Crippen LogP contribution in [-0.4, -0.2) is 12.4 Å². The molecule has 0 radical (unpaired) electrons. The van der Waals surface area contributed by atoms with Crippen LogP contribution in [0.5, 0.6) is 5.75 Å². The number of rotatable bonds is 4. The van der Waals surface area contributed by atoms with Crippen LogP contribution in [-0.2, 0) is 0 Å². The van der Waals surface area contributed by atoms with Crippen molar-refractivity contribution in [1.82, 2.24) is 0 Å². The van der Waals surface area contributed by atoms with Crippen LogP contribution in [0.3, 0.4) is 0 Å². The molecule has 0 aliphatic heterocycles. The van der Waals surface area contributed by atoms with Gasteiger partial charge in [0, 0.05) is 5.56 Å². The summed E-state index contributed by atoms with van der Waals surface area (Å²) in [5.74, 6) is 0.506. The van der Waals surface area contributed by atoms with Gasteiger partial charge >= 0.3 is 0 Å². The van der Waals surface area contributed by atoms with E-state index in [4.69, 9.17) is 10.00 Å². The van der Waals surface area contributed by atoms with Crippen molar-refractivity contribution in [3.8, 4) is 11.8 Å². The number of Topliss-reactive ketones (excluding diaryl/α,β-unsaturated/α-hetero) is 1. The fourth-order valence-electron chi connectivity index (χ4n) is 1.97. The molecule has 0 heterocycles. The van der Waals surface area contributed by atoms with E-state index >= 15 is 0 Å². The lowest BCUT2D eigenvalue weighted by Crippen LogP contribution is -2.12. The molecule has 0 unspecified atom stereocenters. The third kappa shape index (κ3) is 3.49. The second-order valence-corrected chi connectivity index (χ2v) is 5.10. The van der Waals surface area contributed by atoms with Crippen LogP contribution in [0.15, 0.2) is 36.4 Å². The third-order valence-corrected chi connectivity index (χ3v) is 3.50. The van der Waals surface area contributed by atoms with Crippen LogP contribution in [0, 0.1) is 32.1 Å². The van der Waals surface area contributed by atoms with E-state index in [0.717, 1.165) is 16.7 Å². The van der Waals surface area contributed by atoms with Gasteiger partial charge in [0.05, 0.1) is 11.6 Å². The van der Waals surface area contributed by atoms with Crippen molar-refractivity contribution in [2.45, 2.75) is 20.8 Å². The predicted octanol–water partition coefficient (Wildman–Crippen LogP) is 3.75. The molecule has 3 heteroatoms. The zero-order valence-electron chi connectivity index (χ0n) is 12.4. The van der Waals surface area contributed by atoms with Gasteiger partial charge in [0.15, 0.2) is 12.4 Å². The second kappa shape index (κ2) is 6.23. The summed E-state index contributed by atoms with van der Waals surface area (Å²) in [4.78, 5) is 12.2. The largest absolute Gasteiger partial charge is 0.485 e. The molecule has 0 atom stereocenters. The lowest BCUT2D eigenvalue weighted by atomic mass is 10.0. The van der Waals surface area contributed by atoms with E-state index in [1.807, 2.05) is 45.0 Å². The Morgan fingerprint density at radius 2 is 1.76 bits per heavy atom. The van der Waals surface area contributed by atoms with Crippen LogP contribution < -0.4 is 4.74 Å². The normalized spacial score (nSPS) is 10.0. The van der Waals surface area contributed by atoms with E-state index in [9.17, 15) is 4.79 Å². The van der Waals surface area contributed by atoms with E-state index in [-0.39, 0.29) is 12.4 Å². The molecule has 0 saturated carbocycles. The second-order valence-electron chi connectivity index (χ2n) is 5.10. The summed E-state index contributed by atoms with van der Waals surface area (Å²) >= 11 is 0. The molecule has 0 saturated heterocycles.